The van der Waals surface area contributed by atoms with Crippen molar-refractivity contribution in [3.05, 3.63) is 65.2 Å². The third-order valence-electron chi connectivity index (χ3n) is 6.47. The molecule has 4 rings (SSSR count). The average molecular weight is 520 g/mol. The molecule has 2 aliphatic rings. The Labute approximate surface area is 214 Å². The van der Waals surface area contributed by atoms with E-state index in [1.54, 1.807) is 37.8 Å². The van der Waals surface area contributed by atoms with Crippen molar-refractivity contribution in [2.75, 3.05) is 25.0 Å². The van der Waals surface area contributed by atoms with Crippen molar-refractivity contribution in [2.45, 2.75) is 64.1 Å². The summed E-state index contributed by atoms with van der Waals surface area (Å²) in [5.74, 6) is 0. The number of amides is 2. The van der Waals surface area contributed by atoms with Crippen LogP contribution in [0.15, 0.2) is 48.5 Å². The van der Waals surface area contributed by atoms with Crippen LogP contribution in [-0.4, -0.2) is 52.8 Å². The number of hydrogen-bond acceptors (Lipinski definition) is 5. The fraction of sp³-hybridized carbons (Fsp3) is 0.481. The third-order valence-corrected chi connectivity index (χ3v) is 6.47. The summed E-state index contributed by atoms with van der Waals surface area (Å²) < 4.78 is 49.4. The van der Waals surface area contributed by atoms with Gasteiger partial charge in [0, 0.05) is 44.7 Å². The van der Waals surface area contributed by atoms with E-state index in [0.29, 0.717) is 51.3 Å². The number of likely N-dealkylation sites (tertiary alicyclic amines) is 1. The monoisotopic (exact) mass is 519 g/mol. The summed E-state index contributed by atoms with van der Waals surface area (Å²) in [6.45, 7) is 8.18. The standard InChI is InChI=1S/C27H32F3N3O4/c1-25(2,3)36-23(34)31-22-10-6-20(7-11-22)17-33-18-26(37-24(33)35)12-14-32(15-13-26)16-19-4-8-21(9-5-19)27(28,29)30/h4-11H,12-18H2,1-3H3,(H,31,34). The fourth-order valence-electron chi connectivity index (χ4n) is 4.59. The van der Waals surface area contributed by atoms with Crippen molar-refractivity contribution in [1.82, 2.24) is 9.80 Å². The molecule has 2 aromatic carbocycles. The Morgan fingerprint density at radius 2 is 1.54 bits per heavy atom. The van der Waals surface area contributed by atoms with Gasteiger partial charge in [-0.3, -0.25) is 15.1 Å². The Balaban J connectivity index is 1.27. The second kappa shape index (κ2) is 10.2. The van der Waals surface area contributed by atoms with Crippen molar-refractivity contribution in [1.29, 1.82) is 0 Å². The SMILES string of the molecule is CC(C)(C)OC(=O)Nc1ccc(CN2CC3(CCN(Cc4ccc(C(F)(F)F)cc4)CC3)OC2=O)cc1. The molecule has 0 aliphatic carbocycles. The molecule has 2 saturated heterocycles. The summed E-state index contributed by atoms with van der Waals surface area (Å²) in [6, 6.07) is 12.5. The zero-order valence-electron chi connectivity index (χ0n) is 21.2. The highest BCUT2D eigenvalue weighted by molar-refractivity contribution is 5.84. The molecule has 37 heavy (non-hydrogen) atoms. The van der Waals surface area contributed by atoms with Gasteiger partial charge in [0.15, 0.2) is 0 Å². The predicted octanol–water partition coefficient (Wildman–Crippen LogP) is 6.04. The second-order valence-corrected chi connectivity index (χ2v) is 10.7. The summed E-state index contributed by atoms with van der Waals surface area (Å²) in [4.78, 5) is 28.4. The quantitative estimate of drug-likeness (QED) is 0.522. The molecule has 1 N–H and O–H groups in total. The minimum absolute atomic E-state index is 0.354. The summed E-state index contributed by atoms with van der Waals surface area (Å²) in [5, 5.41) is 2.68. The van der Waals surface area contributed by atoms with Crippen molar-refractivity contribution in [2.24, 2.45) is 0 Å². The van der Waals surface area contributed by atoms with Gasteiger partial charge in [0.25, 0.3) is 0 Å². The van der Waals surface area contributed by atoms with Gasteiger partial charge in [-0.15, -0.1) is 0 Å². The van der Waals surface area contributed by atoms with Crippen molar-refractivity contribution < 1.29 is 32.2 Å². The topological polar surface area (TPSA) is 71.1 Å². The number of rotatable bonds is 5. The van der Waals surface area contributed by atoms with E-state index in [9.17, 15) is 22.8 Å². The van der Waals surface area contributed by atoms with Gasteiger partial charge >= 0.3 is 18.4 Å². The summed E-state index contributed by atoms with van der Waals surface area (Å²) in [6.07, 6.45) is -3.90. The van der Waals surface area contributed by atoms with Gasteiger partial charge < -0.3 is 9.47 Å². The lowest BCUT2D eigenvalue weighted by molar-refractivity contribution is -0.137. The lowest BCUT2D eigenvalue weighted by Crippen LogP contribution is -2.46. The molecule has 10 heteroatoms. The molecule has 7 nitrogen and oxygen atoms in total. The predicted molar refractivity (Wildman–Crippen MR) is 132 cm³/mol. The van der Waals surface area contributed by atoms with Crippen LogP contribution in [0.5, 0.6) is 0 Å². The Kier molecular flexibility index (Phi) is 7.41. The summed E-state index contributed by atoms with van der Waals surface area (Å²) >= 11 is 0. The number of nitrogens with zero attached hydrogens (tertiary/aromatic N) is 2. The van der Waals surface area contributed by atoms with E-state index in [2.05, 4.69) is 10.2 Å². The first kappa shape index (κ1) is 26.8. The molecule has 1 spiro atoms. The lowest BCUT2D eigenvalue weighted by Gasteiger charge is -2.37. The van der Waals surface area contributed by atoms with Crippen molar-refractivity contribution in [3.8, 4) is 0 Å². The number of carbonyl (C=O) groups excluding carboxylic acids is 2. The Bertz CT molecular complexity index is 1100. The van der Waals surface area contributed by atoms with Crippen LogP contribution in [0.4, 0.5) is 28.4 Å². The van der Waals surface area contributed by atoms with Gasteiger partial charge in [-0.2, -0.15) is 13.2 Å². The van der Waals surface area contributed by atoms with Gasteiger partial charge in [-0.1, -0.05) is 24.3 Å². The maximum atomic E-state index is 12.8. The smallest absolute Gasteiger partial charge is 0.416 e. The van der Waals surface area contributed by atoms with Crippen molar-refractivity contribution >= 4 is 17.9 Å². The Morgan fingerprint density at radius 3 is 2.11 bits per heavy atom. The van der Waals surface area contributed by atoms with Crippen LogP contribution in [0.2, 0.25) is 0 Å². The largest absolute Gasteiger partial charge is 0.444 e. The van der Waals surface area contributed by atoms with Crippen LogP contribution in [-0.2, 0) is 28.7 Å². The lowest BCUT2D eigenvalue weighted by atomic mass is 9.91. The van der Waals surface area contributed by atoms with Crippen LogP contribution in [0.25, 0.3) is 0 Å². The van der Waals surface area contributed by atoms with Gasteiger partial charge in [0.2, 0.25) is 0 Å². The first-order chi connectivity index (χ1) is 17.3. The molecule has 0 atom stereocenters. The first-order valence-electron chi connectivity index (χ1n) is 12.3. The normalized spacial score (nSPS) is 18.1. The van der Waals surface area contributed by atoms with Crippen molar-refractivity contribution in [3.63, 3.8) is 0 Å². The highest BCUT2D eigenvalue weighted by Gasteiger charge is 2.46. The number of ether oxygens (including phenoxy) is 2. The highest BCUT2D eigenvalue weighted by Crippen LogP contribution is 2.35. The van der Waals surface area contributed by atoms with Gasteiger partial charge in [-0.25, -0.2) is 9.59 Å². The molecule has 2 aliphatic heterocycles. The van der Waals surface area contributed by atoms with Crippen LogP contribution in [0.3, 0.4) is 0 Å². The maximum Gasteiger partial charge on any atom is 0.416 e. The zero-order valence-corrected chi connectivity index (χ0v) is 21.2. The maximum absolute atomic E-state index is 12.8. The summed E-state index contributed by atoms with van der Waals surface area (Å²) in [7, 11) is 0. The van der Waals surface area contributed by atoms with Gasteiger partial charge in [0.1, 0.15) is 11.2 Å². The van der Waals surface area contributed by atoms with Crippen LogP contribution in [0.1, 0.15) is 50.3 Å². The first-order valence-corrected chi connectivity index (χ1v) is 12.3. The molecule has 2 fully saturated rings. The minimum Gasteiger partial charge on any atom is -0.444 e. The molecule has 200 valence electrons. The number of piperidine rings is 1. The molecular formula is C27H32F3N3O4. The van der Waals surface area contributed by atoms with Gasteiger partial charge in [0.05, 0.1) is 12.1 Å². The Morgan fingerprint density at radius 1 is 0.973 bits per heavy atom. The van der Waals surface area contributed by atoms with E-state index in [1.807, 2.05) is 12.1 Å². The highest BCUT2D eigenvalue weighted by atomic mass is 19.4. The molecule has 0 aromatic heterocycles. The number of alkyl halides is 3. The second-order valence-electron chi connectivity index (χ2n) is 10.7. The molecule has 0 bridgehead atoms. The van der Waals surface area contributed by atoms with E-state index in [0.717, 1.165) is 23.3 Å². The number of hydrogen-bond donors (Lipinski definition) is 1. The Hall–Kier alpha value is -3.27. The molecule has 2 heterocycles. The third kappa shape index (κ3) is 7.15. The zero-order chi connectivity index (χ0) is 26.8. The number of nitrogens with one attached hydrogen (secondary N) is 1. The average Bonchev–Trinajstić information content (AvgIpc) is 3.10. The molecule has 0 unspecified atom stereocenters. The summed E-state index contributed by atoms with van der Waals surface area (Å²) in [5.41, 5.74) is 0.530. The van der Waals surface area contributed by atoms with E-state index >= 15 is 0 Å². The molecule has 0 radical (unpaired) electrons. The van der Waals surface area contributed by atoms with Crippen LogP contribution >= 0.6 is 0 Å². The number of benzene rings is 2. The van der Waals surface area contributed by atoms with Crippen LogP contribution < -0.4 is 5.32 Å². The van der Waals surface area contributed by atoms with Crippen LogP contribution in [0, 0.1) is 0 Å². The number of halogens is 3. The number of anilines is 1. The molecule has 0 saturated carbocycles. The van der Waals surface area contributed by atoms with E-state index in [-0.39, 0.29) is 6.09 Å². The molecule has 2 amide bonds. The van der Waals surface area contributed by atoms with E-state index < -0.39 is 29.0 Å². The molecule has 2 aromatic rings. The van der Waals surface area contributed by atoms with E-state index in [4.69, 9.17) is 9.47 Å². The minimum atomic E-state index is -4.34. The molecular weight excluding hydrogens is 487 g/mol. The number of carbonyl (C=O) groups is 2. The fourth-order valence-corrected chi connectivity index (χ4v) is 4.59. The van der Waals surface area contributed by atoms with Gasteiger partial charge in [-0.05, 0) is 56.2 Å². The van der Waals surface area contributed by atoms with E-state index in [1.165, 1.54) is 12.1 Å².